The molecule has 4 N–H and O–H groups in total. The Labute approximate surface area is 196 Å². The van der Waals surface area contributed by atoms with Crippen LogP contribution in [-0.4, -0.2) is 107 Å². The van der Waals surface area contributed by atoms with Crippen LogP contribution in [0.3, 0.4) is 0 Å². The number of nitrogens with zero attached hydrogens (tertiary/aromatic N) is 1. The Hall–Kier alpha value is -2.98. The Kier molecular flexibility index (Phi) is 9.02. The first kappa shape index (κ1) is 28.3. The SMILES string of the molecule is CC(=O)NC1C(O)OC(CNC(=O)C2CC(O)CN2C(=O)C(F)(F)F)C(OC(C)=O)C1OC(C)=O. The van der Waals surface area contributed by atoms with Crippen LogP contribution in [0.5, 0.6) is 0 Å². The highest BCUT2D eigenvalue weighted by Crippen LogP contribution is 2.28. The van der Waals surface area contributed by atoms with E-state index in [2.05, 4.69) is 10.6 Å². The van der Waals surface area contributed by atoms with Gasteiger partial charge in [0, 0.05) is 40.3 Å². The quantitative estimate of drug-likeness (QED) is 0.282. The standard InChI is InChI=1S/C19H26F3N3O10/c1-7(26)24-13-15(34-9(3)28)14(33-8(2)27)12(35-17(13)31)5-23-16(30)11-4-10(29)6-25(11)18(32)19(20,21)22/h10-15,17,29,31H,4-6H2,1-3H3,(H,23,30)(H,24,26). The van der Waals surface area contributed by atoms with Crippen molar-refractivity contribution in [3.8, 4) is 0 Å². The lowest BCUT2D eigenvalue weighted by Gasteiger charge is -2.43. The average Bonchev–Trinajstić information content (AvgIpc) is 3.10. The van der Waals surface area contributed by atoms with Crippen LogP contribution < -0.4 is 10.6 Å². The Balaban J connectivity index is 2.22. The molecule has 0 aliphatic carbocycles. The summed E-state index contributed by atoms with van der Waals surface area (Å²) in [6, 6.07) is -3.02. The Bertz CT molecular complexity index is 854. The van der Waals surface area contributed by atoms with E-state index in [9.17, 15) is 47.4 Å². The van der Waals surface area contributed by atoms with E-state index in [0.29, 0.717) is 0 Å². The maximum atomic E-state index is 12.9. The molecule has 13 nitrogen and oxygen atoms in total. The van der Waals surface area contributed by atoms with E-state index in [4.69, 9.17) is 14.2 Å². The number of esters is 2. The number of β-amino-alcohol motifs (C(OH)–C–C–N with tert-alkyl or cyclic N) is 1. The molecule has 0 saturated carbocycles. The lowest BCUT2D eigenvalue weighted by molar-refractivity contribution is -0.256. The van der Waals surface area contributed by atoms with Gasteiger partial charge in [0.25, 0.3) is 0 Å². The molecule has 16 heteroatoms. The van der Waals surface area contributed by atoms with Gasteiger partial charge in [-0.3, -0.25) is 24.0 Å². The summed E-state index contributed by atoms with van der Waals surface area (Å²) in [5.74, 6) is -5.75. The van der Waals surface area contributed by atoms with Gasteiger partial charge in [-0.2, -0.15) is 13.2 Å². The molecule has 0 radical (unpaired) electrons. The summed E-state index contributed by atoms with van der Waals surface area (Å²) in [7, 11) is 0. The lowest BCUT2D eigenvalue weighted by Crippen LogP contribution is -2.67. The van der Waals surface area contributed by atoms with Gasteiger partial charge in [-0.05, 0) is 0 Å². The number of likely N-dealkylation sites (tertiary alicyclic amines) is 1. The Morgan fingerprint density at radius 3 is 2.11 bits per heavy atom. The predicted molar refractivity (Wildman–Crippen MR) is 105 cm³/mol. The van der Waals surface area contributed by atoms with Crippen LogP contribution in [0.1, 0.15) is 27.2 Å². The van der Waals surface area contributed by atoms with E-state index >= 15 is 0 Å². The van der Waals surface area contributed by atoms with Crippen molar-refractivity contribution in [1.82, 2.24) is 15.5 Å². The number of aliphatic hydroxyl groups excluding tert-OH is 2. The molecule has 0 aromatic rings. The first-order valence-corrected chi connectivity index (χ1v) is 10.4. The number of rotatable bonds is 6. The van der Waals surface area contributed by atoms with Crippen LogP contribution >= 0.6 is 0 Å². The van der Waals surface area contributed by atoms with Gasteiger partial charge in [0.15, 0.2) is 18.5 Å². The number of nitrogens with one attached hydrogen (secondary N) is 2. The molecule has 2 saturated heterocycles. The summed E-state index contributed by atoms with van der Waals surface area (Å²) in [6.07, 6.45) is -13.2. The number of carbonyl (C=O) groups excluding carboxylic acids is 5. The van der Waals surface area contributed by atoms with Crippen molar-refractivity contribution in [3.63, 3.8) is 0 Å². The largest absolute Gasteiger partial charge is 0.471 e. The van der Waals surface area contributed by atoms with Gasteiger partial charge in [-0.1, -0.05) is 0 Å². The van der Waals surface area contributed by atoms with Crippen molar-refractivity contribution in [2.24, 2.45) is 0 Å². The fourth-order valence-corrected chi connectivity index (χ4v) is 3.91. The molecule has 0 bridgehead atoms. The molecular formula is C19H26F3N3O10. The predicted octanol–water partition coefficient (Wildman–Crippen LogP) is -2.29. The van der Waals surface area contributed by atoms with Crippen molar-refractivity contribution in [2.75, 3.05) is 13.1 Å². The summed E-state index contributed by atoms with van der Waals surface area (Å²) in [6.45, 7) is 1.86. The fraction of sp³-hybridized carbons (Fsp3) is 0.737. The minimum absolute atomic E-state index is 0.189. The van der Waals surface area contributed by atoms with Gasteiger partial charge in [0.05, 0.1) is 6.10 Å². The van der Waals surface area contributed by atoms with Gasteiger partial charge in [-0.15, -0.1) is 0 Å². The Morgan fingerprint density at radius 1 is 1.03 bits per heavy atom. The molecule has 2 aliphatic heterocycles. The highest BCUT2D eigenvalue weighted by molar-refractivity contribution is 5.90. The molecule has 0 aromatic carbocycles. The van der Waals surface area contributed by atoms with Gasteiger partial charge < -0.3 is 40.0 Å². The number of amides is 3. The minimum Gasteiger partial charge on any atom is -0.456 e. The number of alkyl halides is 3. The molecular weight excluding hydrogens is 487 g/mol. The second-order valence-electron chi connectivity index (χ2n) is 8.05. The highest BCUT2D eigenvalue weighted by atomic mass is 19.4. The average molecular weight is 513 g/mol. The third kappa shape index (κ3) is 7.25. The number of hydrogen-bond donors (Lipinski definition) is 4. The van der Waals surface area contributed by atoms with Crippen molar-refractivity contribution in [1.29, 1.82) is 0 Å². The van der Waals surface area contributed by atoms with Crippen LogP contribution in [0.4, 0.5) is 13.2 Å². The van der Waals surface area contributed by atoms with Crippen LogP contribution in [-0.2, 0) is 38.2 Å². The number of ether oxygens (including phenoxy) is 3. The van der Waals surface area contributed by atoms with Crippen molar-refractivity contribution >= 4 is 29.7 Å². The van der Waals surface area contributed by atoms with E-state index in [0.717, 1.165) is 20.8 Å². The molecule has 2 rings (SSSR count). The molecule has 2 aliphatic rings. The van der Waals surface area contributed by atoms with E-state index in [1.165, 1.54) is 0 Å². The van der Waals surface area contributed by atoms with E-state index in [1.54, 1.807) is 0 Å². The normalized spacial score (nSPS) is 30.9. The van der Waals surface area contributed by atoms with Gasteiger partial charge in [-0.25, -0.2) is 0 Å². The third-order valence-corrected chi connectivity index (χ3v) is 5.20. The number of hydrogen-bond acceptors (Lipinski definition) is 10. The number of carbonyl (C=O) groups is 5. The summed E-state index contributed by atoms with van der Waals surface area (Å²) in [5.41, 5.74) is 0. The van der Waals surface area contributed by atoms with Gasteiger partial charge in [0.1, 0.15) is 18.2 Å². The molecule has 0 spiro atoms. The molecule has 7 atom stereocenters. The van der Waals surface area contributed by atoms with Crippen LogP contribution in [0, 0.1) is 0 Å². The molecule has 7 unspecified atom stereocenters. The summed E-state index contributed by atoms with van der Waals surface area (Å²) >= 11 is 0. The molecule has 0 aromatic heterocycles. The third-order valence-electron chi connectivity index (χ3n) is 5.20. The highest BCUT2D eigenvalue weighted by Gasteiger charge is 2.52. The molecule has 2 heterocycles. The smallest absolute Gasteiger partial charge is 0.456 e. The molecule has 2 fully saturated rings. The fourth-order valence-electron chi connectivity index (χ4n) is 3.91. The zero-order chi connectivity index (χ0) is 26.7. The zero-order valence-corrected chi connectivity index (χ0v) is 18.9. The monoisotopic (exact) mass is 513 g/mol. The van der Waals surface area contributed by atoms with Crippen LogP contribution in [0.15, 0.2) is 0 Å². The summed E-state index contributed by atoms with van der Waals surface area (Å²) in [4.78, 5) is 59.2. The summed E-state index contributed by atoms with van der Waals surface area (Å²) < 4.78 is 54.2. The summed E-state index contributed by atoms with van der Waals surface area (Å²) in [5, 5.41) is 24.6. The van der Waals surface area contributed by atoms with Crippen LogP contribution in [0.25, 0.3) is 0 Å². The number of aliphatic hydroxyl groups is 2. The first-order valence-electron chi connectivity index (χ1n) is 10.4. The Morgan fingerprint density at radius 2 is 1.60 bits per heavy atom. The van der Waals surface area contributed by atoms with Crippen LogP contribution in [0.2, 0.25) is 0 Å². The molecule has 3 amide bonds. The maximum absolute atomic E-state index is 12.9. The van der Waals surface area contributed by atoms with Crippen molar-refractivity contribution < 1.29 is 61.6 Å². The van der Waals surface area contributed by atoms with Gasteiger partial charge >= 0.3 is 24.0 Å². The molecule has 198 valence electrons. The van der Waals surface area contributed by atoms with Crippen molar-refractivity contribution in [3.05, 3.63) is 0 Å². The lowest BCUT2D eigenvalue weighted by atomic mass is 9.95. The second kappa shape index (κ2) is 11.2. The van der Waals surface area contributed by atoms with Gasteiger partial charge in [0.2, 0.25) is 11.8 Å². The van der Waals surface area contributed by atoms with E-state index in [-0.39, 0.29) is 4.90 Å². The molecule has 35 heavy (non-hydrogen) atoms. The van der Waals surface area contributed by atoms with E-state index in [1.807, 2.05) is 0 Å². The van der Waals surface area contributed by atoms with Crippen molar-refractivity contribution in [2.45, 2.75) is 76.2 Å². The minimum atomic E-state index is -5.27. The first-order chi connectivity index (χ1) is 16.1. The van der Waals surface area contributed by atoms with E-state index < -0.39 is 98.1 Å². The maximum Gasteiger partial charge on any atom is 0.471 e. The zero-order valence-electron chi connectivity index (χ0n) is 18.9. The number of halogens is 3. The second-order valence-corrected chi connectivity index (χ2v) is 8.05. The topological polar surface area (TPSA) is 181 Å².